The predicted octanol–water partition coefficient (Wildman–Crippen LogP) is 3.70. The van der Waals surface area contributed by atoms with Crippen molar-refractivity contribution in [3.8, 4) is 11.5 Å². The van der Waals surface area contributed by atoms with Gasteiger partial charge < -0.3 is 15.2 Å². The molecule has 5 heteroatoms. The van der Waals surface area contributed by atoms with Gasteiger partial charge in [-0.15, -0.1) is 11.3 Å². The number of benzene rings is 1. The van der Waals surface area contributed by atoms with Gasteiger partial charge in [-0.05, 0) is 41.1 Å². The summed E-state index contributed by atoms with van der Waals surface area (Å²) in [6.45, 7) is 0.760. The topological polar surface area (TPSA) is 44.5 Å². The standard InChI is InChI=1S/C15H16BrNO2S/c1-18-13-3-5-20-15(13)12(17)8-10-7-11(16)6-9-2-4-19-14(9)10/h3,5-7,12H,2,4,8,17H2,1H3. The molecule has 106 valence electrons. The SMILES string of the molecule is COc1ccsc1C(N)Cc1cc(Br)cc2c1OCC2. The van der Waals surface area contributed by atoms with Crippen molar-refractivity contribution >= 4 is 27.3 Å². The second kappa shape index (κ2) is 5.76. The molecule has 1 aromatic heterocycles. The third kappa shape index (κ3) is 2.57. The Morgan fingerprint density at radius 3 is 3.15 bits per heavy atom. The first-order valence-corrected chi connectivity index (χ1v) is 8.17. The molecule has 20 heavy (non-hydrogen) atoms. The Morgan fingerprint density at radius 1 is 1.50 bits per heavy atom. The summed E-state index contributed by atoms with van der Waals surface area (Å²) in [4.78, 5) is 1.08. The van der Waals surface area contributed by atoms with Gasteiger partial charge in [-0.1, -0.05) is 15.9 Å². The average molecular weight is 354 g/mol. The van der Waals surface area contributed by atoms with Crippen LogP contribution in [0.15, 0.2) is 28.1 Å². The normalized spacial score (nSPS) is 14.8. The van der Waals surface area contributed by atoms with Crippen LogP contribution in [0.25, 0.3) is 0 Å². The maximum Gasteiger partial charge on any atom is 0.134 e. The summed E-state index contributed by atoms with van der Waals surface area (Å²) in [6.07, 6.45) is 1.72. The molecule has 1 aliphatic heterocycles. The molecule has 2 heterocycles. The molecule has 0 fully saturated rings. The first-order chi connectivity index (χ1) is 9.69. The van der Waals surface area contributed by atoms with Gasteiger partial charge in [0.1, 0.15) is 11.5 Å². The Bertz CT molecular complexity index is 626. The van der Waals surface area contributed by atoms with Gasteiger partial charge in [0.2, 0.25) is 0 Å². The Hall–Kier alpha value is -1.04. The van der Waals surface area contributed by atoms with Crippen LogP contribution in [0, 0.1) is 0 Å². The van der Waals surface area contributed by atoms with E-state index in [-0.39, 0.29) is 6.04 Å². The van der Waals surface area contributed by atoms with Crippen LogP contribution in [-0.2, 0) is 12.8 Å². The Morgan fingerprint density at radius 2 is 2.35 bits per heavy atom. The van der Waals surface area contributed by atoms with Gasteiger partial charge in [0.25, 0.3) is 0 Å². The van der Waals surface area contributed by atoms with E-state index < -0.39 is 0 Å². The van der Waals surface area contributed by atoms with Crippen molar-refractivity contribution in [2.45, 2.75) is 18.9 Å². The quantitative estimate of drug-likeness (QED) is 0.911. The molecule has 0 saturated carbocycles. The molecule has 0 amide bonds. The molecule has 3 rings (SSSR count). The minimum atomic E-state index is -0.0763. The minimum Gasteiger partial charge on any atom is -0.496 e. The molecular weight excluding hydrogens is 338 g/mol. The van der Waals surface area contributed by atoms with Crippen LogP contribution < -0.4 is 15.2 Å². The number of rotatable bonds is 4. The van der Waals surface area contributed by atoms with Gasteiger partial charge in [-0.25, -0.2) is 0 Å². The van der Waals surface area contributed by atoms with E-state index in [2.05, 4.69) is 28.1 Å². The van der Waals surface area contributed by atoms with E-state index >= 15 is 0 Å². The van der Waals surface area contributed by atoms with Crippen LogP contribution in [0.5, 0.6) is 11.5 Å². The third-order valence-corrected chi connectivity index (χ3v) is 4.97. The lowest BCUT2D eigenvalue weighted by atomic mass is 10.0. The Kier molecular flexibility index (Phi) is 4.01. The lowest BCUT2D eigenvalue weighted by Crippen LogP contribution is -2.13. The molecule has 0 radical (unpaired) electrons. The summed E-state index contributed by atoms with van der Waals surface area (Å²) < 4.78 is 12.2. The molecule has 2 N–H and O–H groups in total. The highest BCUT2D eigenvalue weighted by molar-refractivity contribution is 9.10. The molecule has 2 aromatic rings. The van der Waals surface area contributed by atoms with Gasteiger partial charge in [-0.3, -0.25) is 0 Å². The summed E-state index contributed by atoms with van der Waals surface area (Å²) in [5.74, 6) is 1.88. The lowest BCUT2D eigenvalue weighted by molar-refractivity contribution is 0.352. The highest BCUT2D eigenvalue weighted by Crippen LogP contribution is 2.37. The third-order valence-electron chi connectivity index (χ3n) is 3.48. The van der Waals surface area contributed by atoms with E-state index in [1.807, 2.05) is 11.4 Å². The predicted molar refractivity (Wildman–Crippen MR) is 84.8 cm³/mol. The molecule has 1 aliphatic rings. The first kappa shape index (κ1) is 13.9. The molecule has 1 aromatic carbocycles. The number of thiophene rings is 1. The fourth-order valence-corrected chi connectivity index (χ4v) is 3.99. The first-order valence-electron chi connectivity index (χ1n) is 6.50. The maximum atomic E-state index is 6.35. The van der Waals surface area contributed by atoms with Crippen molar-refractivity contribution in [2.75, 3.05) is 13.7 Å². The lowest BCUT2D eigenvalue weighted by Gasteiger charge is -2.15. The highest BCUT2D eigenvalue weighted by Gasteiger charge is 2.21. The number of halogens is 1. The van der Waals surface area contributed by atoms with Gasteiger partial charge in [0.05, 0.1) is 18.6 Å². The second-order valence-corrected chi connectivity index (χ2v) is 6.68. The van der Waals surface area contributed by atoms with E-state index in [4.69, 9.17) is 15.2 Å². The average Bonchev–Trinajstić information content (AvgIpc) is 3.06. The minimum absolute atomic E-state index is 0.0763. The van der Waals surface area contributed by atoms with Crippen molar-refractivity contribution in [1.82, 2.24) is 0 Å². The number of hydrogen-bond acceptors (Lipinski definition) is 4. The molecule has 3 nitrogen and oxygen atoms in total. The zero-order valence-corrected chi connectivity index (χ0v) is 13.6. The van der Waals surface area contributed by atoms with Crippen molar-refractivity contribution in [3.05, 3.63) is 44.1 Å². The molecule has 1 unspecified atom stereocenters. The van der Waals surface area contributed by atoms with E-state index in [0.717, 1.165) is 45.9 Å². The monoisotopic (exact) mass is 353 g/mol. The van der Waals surface area contributed by atoms with Crippen LogP contribution in [0.3, 0.4) is 0 Å². The van der Waals surface area contributed by atoms with E-state index in [1.54, 1.807) is 18.4 Å². The summed E-state index contributed by atoms with van der Waals surface area (Å²) >= 11 is 5.20. The Labute approximate surface area is 130 Å². The number of nitrogens with two attached hydrogens (primary N) is 1. The summed E-state index contributed by atoms with van der Waals surface area (Å²) in [6, 6.07) is 6.11. The maximum absolute atomic E-state index is 6.35. The number of hydrogen-bond donors (Lipinski definition) is 1. The van der Waals surface area contributed by atoms with E-state index in [9.17, 15) is 0 Å². The highest BCUT2D eigenvalue weighted by atomic mass is 79.9. The molecular formula is C15H16BrNO2S. The smallest absolute Gasteiger partial charge is 0.134 e. The number of methoxy groups -OCH3 is 1. The van der Waals surface area contributed by atoms with Crippen LogP contribution in [-0.4, -0.2) is 13.7 Å². The summed E-state index contributed by atoms with van der Waals surface area (Å²) in [5, 5.41) is 2.01. The molecule has 0 aliphatic carbocycles. The van der Waals surface area contributed by atoms with Crippen molar-refractivity contribution < 1.29 is 9.47 Å². The fraction of sp³-hybridized carbons (Fsp3) is 0.333. The molecule has 1 atom stereocenters. The van der Waals surface area contributed by atoms with Crippen LogP contribution in [0.2, 0.25) is 0 Å². The zero-order chi connectivity index (χ0) is 14.1. The van der Waals surface area contributed by atoms with Crippen molar-refractivity contribution in [1.29, 1.82) is 0 Å². The Balaban J connectivity index is 1.88. The van der Waals surface area contributed by atoms with Crippen LogP contribution >= 0.6 is 27.3 Å². The largest absolute Gasteiger partial charge is 0.496 e. The van der Waals surface area contributed by atoms with Gasteiger partial charge >= 0.3 is 0 Å². The molecule has 0 spiro atoms. The summed E-state index contributed by atoms with van der Waals surface area (Å²) in [5.41, 5.74) is 8.78. The molecule has 0 bridgehead atoms. The molecule has 0 saturated heterocycles. The van der Waals surface area contributed by atoms with Crippen molar-refractivity contribution in [2.24, 2.45) is 5.73 Å². The van der Waals surface area contributed by atoms with E-state index in [0.29, 0.717) is 0 Å². The zero-order valence-electron chi connectivity index (χ0n) is 11.2. The second-order valence-electron chi connectivity index (χ2n) is 4.82. The van der Waals surface area contributed by atoms with Gasteiger partial charge in [0.15, 0.2) is 0 Å². The van der Waals surface area contributed by atoms with Crippen LogP contribution in [0.1, 0.15) is 22.0 Å². The van der Waals surface area contributed by atoms with Gasteiger partial charge in [0, 0.05) is 16.9 Å². The van der Waals surface area contributed by atoms with Crippen molar-refractivity contribution in [3.63, 3.8) is 0 Å². The number of ether oxygens (including phenoxy) is 2. The van der Waals surface area contributed by atoms with E-state index in [1.165, 1.54) is 5.56 Å². The number of fused-ring (bicyclic) bond motifs is 1. The fourth-order valence-electron chi connectivity index (χ4n) is 2.58. The van der Waals surface area contributed by atoms with Crippen LogP contribution in [0.4, 0.5) is 0 Å². The summed E-state index contributed by atoms with van der Waals surface area (Å²) in [7, 11) is 1.68. The van der Waals surface area contributed by atoms with Gasteiger partial charge in [-0.2, -0.15) is 0 Å².